The Hall–Kier alpha value is -2.22. The number of sulfonamides is 1. The molecule has 6 nitrogen and oxygen atoms in total. The maximum absolute atomic E-state index is 12.5. The molecule has 0 spiro atoms. The van der Waals surface area contributed by atoms with Crippen LogP contribution in [0.3, 0.4) is 0 Å². The molecule has 0 saturated carbocycles. The number of piperidine rings is 1. The van der Waals surface area contributed by atoms with Crippen LogP contribution in [0.4, 0.5) is 0 Å². The molecule has 2 aromatic rings. The predicted molar refractivity (Wildman–Crippen MR) is 114 cm³/mol. The van der Waals surface area contributed by atoms with Crippen molar-refractivity contribution < 1.29 is 13.2 Å². The lowest BCUT2D eigenvalue weighted by Gasteiger charge is -2.26. The van der Waals surface area contributed by atoms with Gasteiger partial charge < -0.3 is 5.32 Å². The molecule has 2 aromatic carbocycles. The number of nitrogens with zero attached hydrogens (tertiary/aromatic N) is 2. The SMILES string of the molecule is CN(CC(=O)NCc1ccc(CN2CCCCC2)cc1)S(=O)(=O)c1ccccc1. The number of rotatable bonds is 8. The maximum Gasteiger partial charge on any atom is 0.243 e. The molecule has 1 N–H and O–H groups in total. The molecule has 7 heteroatoms. The molecule has 1 fully saturated rings. The first-order valence-corrected chi connectivity index (χ1v) is 11.5. The summed E-state index contributed by atoms with van der Waals surface area (Å²) in [6.07, 6.45) is 3.88. The van der Waals surface area contributed by atoms with Gasteiger partial charge in [-0.15, -0.1) is 0 Å². The summed E-state index contributed by atoms with van der Waals surface area (Å²) >= 11 is 0. The molecule has 1 amide bonds. The van der Waals surface area contributed by atoms with E-state index in [-0.39, 0.29) is 17.3 Å². The van der Waals surface area contributed by atoms with E-state index in [2.05, 4.69) is 22.3 Å². The van der Waals surface area contributed by atoms with Gasteiger partial charge in [0.05, 0.1) is 11.4 Å². The highest BCUT2D eigenvalue weighted by Gasteiger charge is 2.22. The molecule has 0 radical (unpaired) electrons. The molecule has 29 heavy (non-hydrogen) atoms. The number of benzene rings is 2. The number of hydrogen-bond acceptors (Lipinski definition) is 4. The summed E-state index contributed by atoms with van der Waals surface area (Å²) in [5, 5.41) is 2.80. The summed E-state index contributed by atoms with van der Waals surface area (Å²) in [5.41, 5.74) is 2.27. The fourth-order valence-corrected chi connectivity index (χ4v) is 4.60. The standard InChI is InChI=1S/C22H29N3O3S/c1-24(29(27,28)21-8-4-2-5-9-21)18-22(26)23-16-19-10-12-20(13-11-19)17-25-14-6-3-7-15-25/h2,4-5,8-13H,3,6-7,14-18H2,1H3,(H,23,26). The van der Waals surface area contributed by atoms with Gasteiger partial charge in [0.25, 0.3) is 0 Å². The molecule has 0 unspecified atom stereocenters. The van der Waals surface area contributed by atoms with E-state index in [0.29, 0.717) is 6.54 Å². The lowest BCUT2D eigenvalue weighted by molar-refractivity contribution is -0.121. The van der Waals surface area contributed by atoms with Crippen LogP contribution in [0.15, 0.2) is 59.5 Å². The minimum Gasteiger partial charge on any atom is -0.351 e. The largest absolute Gasteiger partial charge is 0.351 e. The van der Waals surface area contributed by atoms with Crippen LogP contribution in [-0.4, -0.2) is 50.2 Å². The minimum absolute atomic E-state index is 0.180. The Kier molecular flexibility index (Phi) is 7.41. The van der Waals surface area contributed by atoms with Crippen molar-refractivity contribution in [2.45, 2.75) is 37.2 Å². The lowest BCUT2D eigenvalue weighted by Crippen LogP contribution is -2.38. The third-order valence-corrected chi connectivity index (χ3v) is 7.00. The number of carbonyl (C=O) groups excluding carboxylic acids is 1. The summed E-state index contributed by atoms with van der Waals surface area (Å²) in [5.74, 6) is -0.329. The zero-order chi connectivity index (χ0) is 20.7. The third-order valence-electron chi connectivity index (χ3n) is 5.19. The highest BCUT2D eigenvalue weighted by molar-refractivity contribution is 7.89. The van der Waals surface area contributed by atoms with E-state index >= 15 is 0 Å². The molecule has 1 heterocycles. The van der Waals surface area contributed by atoms with Crippen molar-refractivity contribution in [1.82, 2.24) is 14.5 Å². The number of likely N-dealkylation sites (tertiary alicyclic amines) is 1. The van der Waals surface area contributed by atoms with Gasteiger partial charge in [0, 0.05) is 20.1 Å². The second kappa shape index (κ2) is 10.0. The van der Waals surface area contributed by atoms with Gasteiger partial charge in [-0.1, -0.05) is 48.9 Å². The Morgan fingerprint density at radius 1 is 0.966 bits per heavy atom. The topological polar surface area (TPSA) is 69.7 Å². The summed E-state index contributed by atoms with van der Waals surface area (Å²) in [4.78, 5) is 14.9. The first kappa shape index (κ1) is 21.5. The quantitative estimate of drug-likeness (QED) is 0.720. The number of nitrogens with one attached hydrogen (secondary N) is 1. The second-order valence-electron chi connectivity index (χ2n) is 7.50. The first-order chi connectivity index (χ1) is 13.9. The van der Waals surface area contributed by atoms with Crippen molar-refractivity contribution in [3.8, 4) is 0 Å². The van der Waals surface area contributed by atoms with Crippen LogP contribution in [-0.2, 0) is 27.9 Å². The molecule has 0 atom stereocenters. The normalized spacial score (nSPS) is 15.4. The average Bonchev–Trinajstić information content (AvgIpc) is 2.74. The van der Waals surface area contributed by atoms with Crippen molar-refractivity contribution in [1.29, 1.82) is 0 Å². The Morgan fingerprint density at radius 2 is 1.59 bits per heavy atom. The van der Waals surface area contributed by atoms with Gasteiger partial charge in [-0.3, -0.25) is 9.69 Å². The average molecular weight is 416 g/mol. The molecule has 1 aliphatic heterocycles. The maximum atomic E-state index is 12.5. The van der Waals surface area contributed by atoms with Crippen LogP contribution in [0.2, 0.25) is 0 Å². The fourth-order valence-electron chi connectivity index (χ4n) is 3.45. The zero-order valence-electron chi connectivity index (χ0n) is 16.9. The molecule has 156 valence electrons. The fraction of sp³-hybridized carbons (Fsp3) is 0.409. The number of amides is 1. The summed E-state index contributed by atoms with van der Waals surface area (Å²) in [7, 11) is -2.25. The Bertz CT molecular complexity index is 893. The monoisotopic (exact) mass is 415 g/mol. The molecular weight excluding hydrogens is 386 g/mol. The van der Waals surface area contributed by atoms with Gasteiger partial charge in [0.2, 0.25) is 15.9 Å². The molecule has 0 bridgehead atoms. The van der Waals surface area contributed by atoms with Crippen LogP contribution < -0.4 is 5.32 Å². The second-order valence-corrected chi connectivity index (χ2v) is 9.55. The minimum atomic E-state index is -3.67. The number of carbonyl (C=O) groups is 1. The van der Waals surface area contributed by atoms with E-state index in [1.165, 1.54) is 44.0 Å². The van der Waals surface area contributed by atoms with Crippen molar-refractivity contribution in [2.75, 3.05) is 26.7 Å². The van der Waals surface area contributed by atoms with Crippen molar-refractivity contribution in [3.05, 3.63) is 65.7 Å². The van der Waals surface area contributed by atoms with Gasteiger partial charge in [-0.2, -0.15) is 4.31 Å². The van der Waals surface area contributed by atoms with Gasteiger partial charge in [-0.25, -0.2) is 8.42 Å². The van der Waals surface area contributed by atoms with Gasteiger partial charge in [0.1, 0.15) is 0 Å². The molecule has 1 aliphatic rings. The van der Waals surface area contributed by atoms with Crippen LogP contribution in [0, 0.1) is 0 Å². The highest BCUT2D eigenvalue weighted by atomic mass is 32.2. The molecule has 1 saturated heterocycles. The van der Waals surface area contributed by atoms with E-state index in [0.717, 1.165) is 29.5 Å². The summed E-state index contributed by atoms with van der Waals surface area (Å²) in [6, 6.07) is 16.4. The molecule has 0 aliphatic carbocycles. The smallest absolute Gasteiger partial charge is 0.243 e. The van der Waals surface area contributed by atoms with E-state index in [4.69, 9.17) is 0 Å². The number of hydrogen-bond donors (Lipinski definition) is 1. The zero-order valence-corrected chi connectivity index (χ0v) is 17.7. The lowest BCUT2D eigenvalue weighted by atomic mass is 10.1. The third kappa shape index (κ3) is 6.13. The van der Waals surface area contributed by atoms with Crippen molar-refractivity contribution >= 4 is 15.9 Å². The summed E-state index contributed by atoms with van der Waals surface area (Å²) < 4.78 is 26.0. The van der Waals surface area contributed by atoms with Crippen LogP contribution >= 0.6 is 0 Å². The van der Waals surface area contributed by atoms with Crippen LogP contribution in [0.1, 0.15) is 30.4 Å². The Labute approximate surface area is 173 Å². The Balaban J connectivity index is 1.47. The molecule has 3 rings (SSSR count). The van der Waals surface area contributed by atoms with Crippen LogP contribution in [0.25, 0.3) is 0 Å². The van der Waals surface area contributed by atoms with E-state index < -0.39 is 10.0 Å². The number of likely N-dealkylation sites (N-methyl/N-ethyl adjacent to an activating group) is 1. The summed E-state index contributed by atoms with van der Waals surface area (Å²) in [6.45, 7) is 3.45. The first-order valence-electron chi connectivity index (χ1n) is 10.0. The molecule has 0 aromatic heterocycles. The predicted octanol–water partition coefficient (Wildman–Crippen LogP) is 2.61. The van der Waals surface area contributed by atoms with Crippen molar-refractivity contribution in [3.63, 3.8) is 0 Å². The van der Waals surface area contributed by atoms with E-state index in [9.17, 15) is 13.2 Å². The Morgan fingerprint density at radius 3 is 2.24 bits per heavy atom. The van der Waals surface area contributed by atoms with Crippen LogP contribution in [0.5, 0.6) is 0 Å². The van der Waals surface area contributed by atoms with E-state index in [1.807, 2.05) is 12.1 Å². The van der Waals surface area contributed by atoms with Gasteiger partial charge in [0.15, 0.2) is 0 Å². The van der Waals surface area contributed by atoms with Crippen molar-refractivity contribution in [2.24, 2.45) is 0 Å². The highest BCUT2D eigenvalue weighted by Crippen LogP contribution is 2.14. The van der Waals surface area contributed by atoms with Gasteiger partial charge >= 0.3 is 0 Å². The van der Waals surface area contributed by atoms with Gasteiger partial charge in [-0.05, 0) is 49.2 Å². The van der Waals surface area contributed by atoms with E-state index in [1.54, 1.807) is 18.2 Å². The molecular formula is C22H29N3O3S.